The number of carbonyl (C=O) groups is 2. The maximum Gasteiger partial charge on any atom is 0.334 e. The van der Waals surface area contributed by atoms with Crippen LogP contribution in [0, 0.1) is 0 Å². The van der Waals surface area contributed by atoms with Gasteiger partial charge in [0.1, 0.15) is 5.60 Å². The first-order valence-electron chi connectivity index (χ1n) is 9.23. The van der Waals surface area contributed by atoms with Crippen LogP contribution in [0.1, 0.15) is 55.4 Å². The molecule has 2 heterocycles. The van der Waals surface area contributed by atoms with Gasteiger partial charge in [0.25, 0.3) is 0 Å². The minimum Gasteiger partial charge on any atom is -0.464 e. The summed E-state index contributed by atoms with van der Waals surface area (Å²) in [6, 6.07) is 3.56. The van der Waals surface area contributed by atoms with Crippen LogP contribution >= 0.6 is 0 Å². The van der Waals surface area contributed by atoms with Crippen LogP contribution in [0.2, 0.25) is 0 Å². The molecule has 0 N–H and O–H groups in total. The van der Waals surface area contributed by atoms with Gasteiger partial charge in [-0.3, -0.25) is 9.36 Å². The number of ether oxygens (including phenoxy) is 2. The minimum absolute atomic E-state index is 0.265. The number of hydrogen-bond acceptors (Lipinski definition) is 6. The van der Waals surface area contributed by atoms with Crippen molar-refractivity contribution < 1.29 is 19.1 Å². The lowest BCUT2D eigenvalue weighted by atomic mass is 10.1. The van der Waals surface area contributed by atoms with Crippen LogP contribution in [0.4, 0.5) is 0 Å². The van der Waals surface area contributed by atoms with E-state index in [2.05, 4.69) is 10.2 Å². The summed E-state index contributed by atoms with van der Waals surface area (Å²) < 4.78 is 13.4. The van der Waals surface area contributed by atoms with Crippen LogP contribution in [0.15, 0.2) is 36.9 Å². The lowest BCUT2D eigenvalue weighted by Gasteiger charge is -2.28. The van der Waals surface area contributed by atoms with Crippen LogP contribution in [0.3, 0.4) is 0 Å². The molecule has 2 aromatic heterocycles. The zero-order valence-electron chi connectivity index (χ0n) is 18.1. The van der Waals surface area contributed by atoms with Crippen LogP contribution < -0.4 is 0 Å². The molecule has 2 aromatic rings. The first-order valence-corrected chi connectivity index (χ1v) is 9.23. The molecule has 0 atom stereocenters. The van der Waals surface area contributed by atoms with Gasteiger partial charge in [-0.2, -0.15) is 10.2 Å². The summed E-state index contributed by atoms with van der Waals surface area (Å²) in [5, 5.41) is 8.06. The molecule has 0 amide bonds. The molecule has 0 saturated carbocycles. The van der Waals surface area contributed by atoms with E-state index in [-0.39, 0.29) is 11.9 Å². The molecule has 156 valence electrons. The van der Waals surface area contributed by atoms with Crippen molar-refractivity contribution in [3.63, 3.8) is 0 Å². The lowest BCUT2D eigenvalue weighted by Crippen LogP contribution is -2.41. The van der Waals surface area contributed by atoms with Crippen LogP contribution in [0.25, 0.3) is 0 Å². The van der Waals surface area contributed by atoms with Crippen LogP contribution in [-0.4, -0.2) is 43.7 Å². The summed E-state index contributed by atoms with van der Waals surface area (Å²) in [5.74, 6) is -0.544. The van der Waals surface area contributed by atoms with E-state index in [9.17, 15) is 9.59 Å². The number of rotatable bonds is 5. The van der Waals surface area contributed by atoms with E-state index < -0.39 is 16.7 Å². The topological polar surface area (TPSA) is 88.2 Å². The van der Waals surface area contributed by atoms with Crippen molar-refractivity contribution in [3.05, 3.63) is 36.9 Å². The number of hydrogen-bond donors (Lipinski definition) is 0. The molecular formula is C20H32N4O4. The van der Waals surface area contributed by atoms with Crippen molar-refractivity contribution in [2.45, 2.75) is 72.1 Å². The predicted molar refractivity (Wildman–Crippen MR) is 106 cm³/mol. The van der Waals surface area contributed by atoms with Gasteiger partial charge in [0, 0.05) is 24.8 Å². The largest absolute Gasteiger partial charge is 0.464 e. The van der Waals surface area contributed by atoms with Crippen LogP contribution in [0.5, 0.6) is 0 Å². The molecule has 0 aromatic carbocycles. The fraction of sp³-hybridized carbons (Fsp3) is 0.600. The smallest absolute Gasteiger partial charge is 0.334 e. The van der Waals surface area contributed by atoms with Crippen molar-refractivity contribution in [2.24, 2.45) is 0 Å². The first-order chi connectivity index (χ1) is 12.8. The van der Waals surface area contributed by atoms with Gasteiger partial charge in [0.05, 0.1) is 6.61 Å². The average Bonchev–Trinajstić information content (AvgIpc) is 3.28. The Balaban J connectivity index is 0.000000283. The van der Waals surface area contributed by atoms with E-state index in [1.165, 1.54) is 0 Å². The van der Waals surface area contributed by atoms with Gasteiger partial charge in [-0.25, -0.2) is 9.59 Å². The Hall–Kier alpha value is -2.64. The molecule has 0 aliphatic rings. The molecule has 0 saturated heterocycles. The molecule has 28 heavy (non-hydrogen) atoms. The Morgan fingerprint density at radius 3 is 1.57 bits per heavy atom. The van der Waals surface area contributed by atoms with Gasteiger partial charge >= 0.3 is 11.9 Å². The second-order valence-corrected chi connectivity index (χ2v) is 8.24. The van der Waals surface area contributed by atoms with Crippen molar-refractivity contribution in [3.8, 4) is 0 Å². The van der Waals surface area contributed by atoms with Crippen molar-refractivity contribution >= 4 is 11.9 Å². The third-order valence-electron chi connectivity index (χ3n) is 3.83. The van der Waals surface area contributed by atoms with Gasteiger partial charge in [-0.1, -0.05) is 0 Å². The quantitative estimate of drug-likeness (QED) is 0.727. The summed E-state index contributed by atoms with van der Waals surface area (Å²) >= 11 is 0. The molecule has 0 aliphatic heterocycles. The zero-order valence-corrected chi connectivity index (χ0v) is 18.1. The summed E-state index contributed by atoms with van der Waals surface area (Å²) in [4.78, 5) is 23.4. The van der Waals surface area contributed by atoms with Crippen molar-refractivity contribution in [2.75, 3.05) is 6.61 Å². The lowest BCUT2D eigenvalue weighted by molar-refractivity contribution is -0.164. The Kier molecular flexibility index (Phi) is 7.55. The molecule has 8 heteroatoms. The highest BCUT2D eigenvalue weighted by Gasteiger charge is 2.34. The number of esters is 2. The molecule has 0 spiro atoms. The summed E-state index contributed by atoms with van der Waals surface area (Å²) in [6.45, 7) is 14.9. The van der Waals surface area contributed by atoms with E-state index in [1.54, 1.807) is 80.9 Å². The summed E-state index contributed by atoms with van der Waals surface area (Å²) in [7, 11) is 0. The van der Waals surface area contributed by atoms with Gasteiger partial charge in [-0.05, 0) is 67.5 Å². The molecule has 0 radical (unpaired) electrons. The molecule has 0 bridgehead atoms. The molecule has 0 unspecified atom stereocenters. The van der Waals surface area contributed by atoms with E-state index in [0.29, 0.717) is 6.61 Å². The average molecular weight is 393 g/mol. The highest BCUT2D eigenvalue weighted by Crippen LogP contribution is 2.20. The first kappa shape index (κ1) is 23.4. The Bertz CT molecular complexity index is 742. The molecule has 0 aliphatic carbocycles. The van der Waals surface area contributed by atoms with E-state index in [4.69, 9.17) is 9.47 Å². The molecule has 2 rings (SSSR count). The summed E-state index contributed by atoms with van der Waals surface area (Å²) in [6.07, 6.45) is 6.79. The SMILES string of the molecule is CC(C)(C)OC(=O)C(C)(C)n1cccn1.CCOC(=O)C(C)(C)n1cccn1. The zero-order chi connectivity index (χ0) is 21.6. The molecular weight excluding hydrogens is 360 g/mol. The van der Waals surface area contributed by atoms with E-state index >= 15 is 0 Å². The van der Waals surface area contributed by atoms with Crippen molar-refractivity contribution in [1.82, 2.24) is 19.6 Å². The fourth-order valence-electron chi connectivity index (χ4n) is 2.10. The van der Waals surface area contributed by atoms with E-state index in [0.717, 1.165) is 0 Å². The normalized spacial score (nSPS) is 12.0. The summed E-state index contributed by atoms with van der Waals surface area (Å²) in [5.41, 5.74) is -1.96. The third-order valence-corrected chi connectivity index (χ3v) is 3.83. The van der Waals surface area contributed by atoms with Crippen molar-refractivity contribution in [1.29, 1.82) is 0 Å². The van der Waals surface area contributed by atoms with Gasteiger partial charge in [0.2, 0.25) is 0 Å². The number of nitrogens with zero attached hydrogens (tertiary/aromatic N) is 4. The standard InChI is InChI=1S/C11H18N2O2.C9H14N2O2/c1-10(2,3)15-9(14)11(4,5)13-8-6-7-12-13;1-4-13-8(12)9(2,3)11-7-5-6-10-11/h6-8H,1-5H3;5-7H,4H2,1-3H3. The third kappa shape index (κ3) is 6.21. The van der Waals surface area contributed by atoms with Gasteiger partial charge in [0.15, 0.2) is 11.1 Å². The van der Waals surface area contributed by atoms with Gasteiger partial charge in [-0.15, -0.1) is 0 Å². The Morgan fingerprint density at radius 1 is 0.821 bits per heavy atom. The highest BCUT2D eigenvalue weighted by atomic mass is 16.6. The predicted octanol–water partition coefficient (Wildman–Crippen LogP) is 3.14. The Morgan fingerprint density at radius 2 is 1.25 bits per heavy atom. The van der Waals surface area contributed by atoms with E-state index in [1.807, 2.05) is 20.8 Å². The highest BCUT2D eigenvalue weighted by molar-refractivity contribution is 5.78. The fourth-order valence-corrected chi connectivity index (χ4v) is 2.10. The Labute approximate surface area is 166 Å². The maximum atomic E-state index is 11.9. The molecule has 0 fully saturated rings. The number of carbonyl (C=O) groups excluding carboxylic acids is 2. The monoisotopic (exact) mass is 392 g/mol. The second-order valence-electron chi connectivity index (χ2n) is 8.24. The maximum absolute atomic E-state index is 11.9. The van der Waals surface area contributed by atoms with Gasteiger partial charge < -0.3 is 9.47 Å². The number of aromatic nitrogens is 4. The molecule has 8 nitrogen and oxygen atoms in total. The van der Waals surface area contributed by atoms with Crippen LogP contribution in [-0.2, 0) is 30.1 Å². The second kappa shape index (κ2) is 9.03. The minimum atomic E-state index is -0.767.